The van der Waals surface area contributed by atoms with Crippen LogP contribution in [-0.2, 0) is 22.4 Å². The molecule has 2 aromatic rings. The van der Waals surface area contributed by atoms with Crippen molar-refractivity contribution in [2.45, 2.75) is 0 Å². The Labute approximate surface area is 131 Å². The predicted octanol–water partition coefficient (Wildman–Crippen LogP) is 3.78. The van der Waals surface area contributed by atoms with E-state index in [1.807, 2.05) is 60.7 Å². The van der Waals surface area contributed by atoms with E-state index in [0.29, 0.717) is 0 Å². The maximum Gasteiger partial charge on any atom is 0.262 e. The monoisotopic (exact) mass is 316 g/mol. The summed E-state index contributed by atoms with van der Waals surface area (Å²) in [6.07, 6.45) is 3.57. The first kappa shape index (κ1) is 15.9. The van der Waals surface area contributed by atoms with Crippen LogP contribution in [0.25, 0.3) is 12.2 Å². The minimum Gasteiger partial charge on any atom is -0.608 e. The van der Waals surface area contributed by atoms with Gasteiger partial charge >= 0.3 is 0 Å². The van der Waals surface area contributed by atoms with Gasteiger partial charge in [0.1, 0.15) is 10.8 Å². The van der Waals surface area contributed by atoms with Gasteiger partial charge in [0.2, 0.25) is 0 Å². The standard InChI is InChI=1S/C17H16O2S2/c18-20(13-11-16-7-3-1-4-8-16)15-21(19)14-12-17-9-5-2-6-10-17/h1-14H,15H2. The van der Waals surface area contributed by atoms with Crippen molar-refractivity contribution in [2.24, 2.45) is 0 Å². The molecule has 0 amide bonds. The minimum atomic E-state index is -1.24. The topological polar surface area (TPSA) is 46.1 Å². The summed E-state index contributed by atoms with van der Waals surface area (Å²) in [5.74, 6) is 0. The molecule has 0 saturated heterocycles. The zero-order valence-electron chi connectivity index (χ0n) is 11.4. The number of rotatable bonds is 6. The molecule has 21 heavy (non-hydrogen) atoms. The number of hydrogen-bond acceptors (Lipinski definition) is 2. The third-order valence-electron chi connectivity index (χ3n) is 2.66. The van der Waals surface area contributed by atoms with Crippen LogP contribution >= 0.6 is 0 Å². The lowest BCUT2D eigenvalue weighted by Gasteiger charge is -2.07. The van der Waals surface area contributed by atoms with Crippen molar-refractivity contribution >= 4 is 34.5 Å². The molecule has 0 aliphatic heterocycles. The van der Waals surface area contributed by atoms with Gasteiger partial charge < -0.3 is 9.11 Å². The van der Waals surface area contributed by atoms with E-state index in [2.05, 4.69) is 0 Å². The molecule has 108 valence electrons. The van der Waals surface area contributed by atoms with Gasteiger partial charge in [-0.05, 0) is 23.3 Å². The smallest absolute Gasteiger partial charge is 0.262 e. The van der Waals surface area contributed by atoms with E-state index < -0.39 is 22.4 Å². The summed E-state index contributed by atoms with van der Waals surface area (Å²) in [5.41, 5.74) is 1.97. The highest BCUT2D eigenvalue weighted by atomic mass is 32.3. The Morgan fingerprint density at radius 3 is 1.43 bits per heavy atom. The maximum absolute atomic E-state index is 11.8. The molecule has 0 saturated carbocycles. The molecule has 4 heteroatoms. The van der Waals surface area contributed by atoms with Crippen LogP contribution in [0.5, 0.6) is 0 Å². The molecule has 0 N–H and O–H groups in total. The second-order valence-electron chi connectivity index (χ2n) is 4.31. The van der Waals surface area contributed by atoms with E-state index >= 15 is 0 Å². The Hall–Kier alpha value is -1.46. The van der Waals surface area contributed by atoms with Crippen LogP contribution in [-0.4, -0.2) is 14.2 Å². The van der Waals surface area contributed by atoms with Crippen molar-refractivity contribution in [2.75, 3.05) is 5.08 Å². The van der Waals surface area contributed by atoms with E-state index in [0.717, 1.165) is 11.1 Å². The molecular formula is C17H16O2S2. The lowest BCUT2D eigenvalue weighted by atomic mass is 10.2. The van der Waals surface area contributed by atoms with E-state index in [4.69, 9.17) is 0 Å². The first-order chi connectivity index (χ1) is 10.2. The lowest BCUT2D eigenvalue weighted by Crippen LogP contribution is -2.11. The molecule has 2 unspecified atom stereocenters. The summed E-state index contributed by atoms with van der Waals surface area (Å²) >= 11 is -2.48. The van der Waals surface area contributed by atoms with Gasteiger partial charge in [-0.1, -0.05) is 60.7 Å². The average molecular weight is 316 g/mol. The van der Waals surface area contributed by atoms with E-state index in [-0.39, 0.29) is 5.08 Å². The summed E-state index contributed by atoms with van der Waals surface area (Å²) in [6.45, 7) is 0. The Kier molecular flexibility index (Phi) is 6.63. The van der Waals surface area contributed by atoms with Crippen molar-refractivity contribution in [3.05, 3.63) is 82.6 Å². The molecule has 0 spiro atoms. The molecule has 2 aromatic carbocycles. The first-order valence-electron chi connectivity index (χ1n) is 6.45. The molecule has 0 fully saturated rings. The fraction of sp³-hybridized carbons (Fsp3) is 0.0588. The second kappa shape index (κ2) is 8.74. The highest BCUT2D eigenvalue weighted by molar-refractivity contribution is 8.10. The van der Waals surface area contributed by atoms with Crippen molar-refractivity contribution in [3.8, 4) is 0 Å². The van der Waals surface area contributed by atoms with Gasteiger partial charge in [0.25, 0.3) is 5.08 Å². The summed E-state index contributed by atoms with van der Waals surface area (Å²) in [4.78, 5) is 0. The van der Waals surface area contributed by atoms with Gasteiger partial charge in [-0.15, -0.1) is 0 Å². The van der Waals surface area contributed by atoms with E-state index in [1.54, 1.807) is 23.0 Å². The average Bonchev–Trinajstić information content (AvgIpc) is 2.53. The van der Waals surface area contributed by atoms with Crippen molar-refractivity contribution < 1.29 is 9.11 Å². The zero-order chi connectivity index (χ0) is 14.9. The molecule has 0 aliphatic carbocycles. The van der Waals surface area contributed by atoms with Crippen molar-refractivity contribution in [3.63, 3.8) is 0 Å². The van der Waals surface area contributed by atoms with Crippen LogP contribution in [0.3, 0.4) is 0 Å². The van der Waals surface area contributed by atoms with Crippen LogP contribution in [0.2, 0.25) is 0 Å². The van der Waals surface area contributed by atoms with Crippen LogP contribution in [0.4, 0.5) is 0 Å². The molecule has 0 aromatic heterocycles. The van der Waals surface area contributed by atoms with Gasteiger partial charge in [0.15, 0.2) is 0 Å². The molecule has 2 nitrogen and oxygen atoms in total. The Morgan fingerprint density at radius 2 is 1.05 bits per heavy atom. The molecule has 2 atom stereocenters. The maximum atomic E-state index is 11.8. The second-order valence-corrected chi connectivity index (χ2v) is 7.32. The molecular weight excluding hydrogens is 300 g/mol. The fourth-order valence-electron chi connectivity index (χ4n) is 1.63. The van der Waals surface area contributed by atoms with E-state index in [9.17, 15) is 9.11 Å². The highest BCUT2D eigenvalue weighted by Gasteiger charge is 2.11. The Balaban J connectivity index is 1.83. The Morgan fingerprint density at radius 1 is 0.667 bits per heavy atom. The van der Waals surface area contributed by atoms with Crippen LogP contribution in [0.15, 0.2) is 71.5 Å². The van der Waals surface area contributed by atoms with E-state index in [1.165, 1.54) is 0 Å². The van der Waals surface area contributed by atoms with Gasteiger partial charge in [0.05, 0.1) is 0 Å². The van der Waals surface area contributed by atoms with Crippen LogP contribution in [0.1, 0.15) is 11.1 Å². The third kappa shape index (κ3) is 6.23. The minimum absolute atomic E-state index is 0.118. The van der Waals surface area contributed by atoms with Crippen LogP contribution < -0.4 is 0 Å². The summed E-state index contributed by atoms with van der Waals surface area (Å²) < 4.78 is 23.7. The van der Waals surface area contributed by atoms with Gasteiger partial charge in [-0.25, -0.2) is 0 Å². The van der Waals surface area contributed by atoms with Crippen LogP contribution in [0, 0.1) is 0 Å². The molecule has 0 heterocycles. The van der Waals surface area contributed by atoms with Gasteiger partial charge in [0, 0.05) is 22.4 Å². The SMILES string of the molecule is [O-][S+](C=Cc1ccccc1)C[S+]([O-])C=Cc1ccccc1. The van der Waals surface area contributed by atoms with Crippen molar-refractivity contribution in [1.82, 2.24) is 0 Å². The molecule has 2 rings (SSSR count). The molecule has 0 bridgehead atoms. The first-order valence-corrected chi connectivity index (χ1v) is 9.21. The Bertz CT molecular complexity index is 529. The van der Waals surface area contributed by atoms with Gasteiger partial charge in [-0.3, -0.25) is 0 Å². The zero-order valence-corrected chi connectivity index (χ0v) is 13.1. The molecule has 0 radical (unpaired) electrons. The normalized spacial score (nSPS) is 14.6. The summed E-state index contributed by atoms with van der Waals surface area (Å²) in [6, 6.07) is 19.3. The summed E-state index contributed by atoms with van der Waals surface area (Å²) in [7, 11) is 0. The number of hydrogen-bond donors (Lipinski definition) is 0. The predicted molar refractivity (Wildman–Crippen MR) is 92.1 cm³/mol. The third-order valence-corrected chi connectivity index (χ3v) is 5.39. The number of benzene rings is 2. The van der Waals surface area contributed by atoms with Crippen molar-refractivity contribution in [1.29, 1.82) is 0 Å². The highest BCUT2D eigenvalue weighted by Crippen LogP contribution is 2.09. The lowest BCUT2D eigenvalue weighted by molar-refractivity contribution is 0.596. The quantitative estimate of drug-likeness (QED) is 0.761. The largest absolute Gasteiger partial charge is 0.608 e. The van der Waals surface area contributed by atoms with Gasteiger partial charge in [-0.2, -0.15) is 0 Å². The summed E-state index contributed by atoms with van der Waals surface area (Å²) in [5, 5.41) is 3.29. The molecule has 0 aliphatic rings. The fourth-order valence-corrected chi connectivity index (χ4v) is 3.79.